The first-order valence-electron chi connectivity index (χ1n) is 11.9. The normalized spacial score (nSPS) is 10.6. The van der Waals surface area contributed by atoms with Gasteiger partial charge < -0.3 is 38.4 Å². The first-order valence-corrected chi connectivity index (χ1v) is 11.9. The second-order valence-electron chi connectivity index (χ2n) is 8.42. The van der Waals surface area contributed by atoms with Gasteiger partial charge in [-0.05, 0) is 48.5 Å². The molecule has 0 saturated carbocycles. The van der Waals surface area contributed by atoms with E-state index in [1.54, 1.807) is 48.5 Å². The number of carbonyl (C=O) groups excluding carboxylic acids is 2. The van der Waals surface area contributed by atoms with Gasteiger partial charge in [-0.25, -0.2) is 0 Å². The van der Waals surface area contributed by atoms with Crippen LogP contribution in [0.5, 0.6) is 34.5 Å². The number of ketones is 2. The third-order valence-corrected chi connectivity index (χ3v) is 6.25. The Morgan fingerprint density at radius 3 is 1.15 bits per heavy atom. The Kier molecular flexibility index (Phi) is 8.14. The number of aromatic amines is 2. The van der Waals surface area contributed by atoms with Gasteiger partial charge in [0, 0.05) is 22.5 Å². The summed E-state index contributed by atoms with van der Waals surface area (Å²) in [6.45, 7) is 0. The molecule has 10 nitrogen and oxygen atoms in total. The van der Waals surface area contributed by atoms with Crippen molar-refractivity contribution in [1.29, 1.82) is 0 Å². The van der Waals surface area contributed by atoms with Gasteiger partial charge in [0.15, 0.2) is 34.6 Å². The van der Waals surface area contributed by atoms with Crippen LogP contribution in [0.15, 0.2) is 48.5 Å². The predicted molar refractivity (Wildman–Crippen MR) is 145 cm³/mol. The predicted octanol–water partition coefficient (Wildman–Crippen LogP) is 5.18. The SMILES string of the molecule is COc1cc(-c2ccc(C(=O)CC(=O)c3ccc(-c4cc(OC)c(OC)c(OC)c4)[nH]3)[nH]2)cc(OC)c1OC. The summed E-state index contributed by atoms with van der Waals surface area (Å²) in [5.41, 5.74) is 3.40. The van der Waals surface area contributed by atoms with Crippen LogP contribution in [0.2, 0.25) is 0 Å². The van der Waals surface area contributed by atoms with E-state index in [2.05, 4.69) is 9.97 Å². The van der Waals surface area contributed by atoms with Crippen molar-refractivity contribution in [2.45, 2.75) is 6.42 Å². The molecule has 204 valence electrons. The highest BCUT2D eigenvalue weighted by Crippen LogP contribution is 2.42. The number of Topliss-reactive ketones (excluding diaryl/α,β-unsaturated/α-hetero) is 2. The quantitative estimate of drug-likeness (QED) is 0.188. The van der Waals surface area contributed by atoms with E-state index in [0.29, 0.717) is 57.3 Å². The molecule has 0 aliphatic carbocycles. The van der Waals surface area contributed by atoms with Crippen molar-refractivity contribution in [3.05, 3.63) is 59.9 Å². The highest BCUT2D eigenvalue weighted by Gasteiger charge is 2.20. The standard InChI is InChI=1S/C29H30N2O8/c1-34-24-11-16(12-25(35-2)28(24)38-5)18-7-9-20(30-18)22(32)15-23(33)21-10-8-19(31-21)17-13-26(36-3)29(39-6)27(14-17)37-4/h7-14,30-31H,15H2,1-6H3. The Hall–Kier alpha value is -4.86. The molecular formula is C29H30N2O8. The third-order valence-electron chi connectivity index (χ3n) is 6.25. The van der Waals surface area contributed by atoms with Gasteiger partial charge in [-0.15, -0.1) is 0 Å². The molecule has 0 aliphatic rings. The summed E-state index contributed by atoms with van der Waals surface area (Å²) in [6.07, 6.45) is -0.315. The molecule has 0 unspecified atom stereocenters. The Morgan fingerprint density at radius 1 is 0.538 bits per heavy atom. The van der Waals surface area contributed by atoms with Crippen LogP contribution in [-0.4, -0.2) is 64.2 Å². The Bertz CT molecular complexity index is 1340. The number of rotatable bonds is 12. The Morgan fingerprint density at radius 2 is 0.872 bits per heavy atom. The van der Waals surface area contributed by atoms with Crippen LogP contribution in [0.1, 0.15) is 27.4 Å². The minimum atomic E-state index is -0.345. The lowest BCUT2D eigenvalue weighted by Gasteiger charge is -2.13. The molecule has 0 atom stereocenters. The van der Waals surface area contributed by atoms with E-state index in [1.165, 1.54) is 42.7 Å². The summed E-state index contributed by atoms with van der Waals surface area (Å²) in [7, 11) is 9.18. The van der Waals surface area contributed by atoms with Gasteiger partial charge in [0.2, 0.25) is 11.5 Å². The number of methoxy groups -OCH3 is 6. The average molecular weight is 535 g/mol. The van der Waals surface area contributed by atoms with Gasteiger partial charge in [-0.3, -0.25) is 9.59 Å². The van der Waals surface area contributed by atoms with E-state index >= 15 is 0 Å². The van der Waals surface area contributed by atoms with Crippen LogP contribution < -0.4 is 28.4 Å². The summed E-state index contributed by atoms with van der Waals surface area (Å²) in [5, 5.41) is 0. The second-order valence-corrected chi connectivity index (χ2v) is 8.42. The number of hydrogen-bond donors (Lipinski definition) is 2. The number of carbonyl (C=O) groups is 2. The van der Waals surface area contributed by atoms with Crippen molar-refractivity contribution in [2.75, 3.05) is 42.7 Å². The molecular weight excluding hydrogens is 504 g/mol. The lowest BCUT2D eigenvalue weighted by Crippen LogP contribution is -2.09. The summed E-state index contributed by atoms with van der Waals surface area (Å²) in [6, 6.07) is 13.9. The molecule has 0 radical (unpaired) electrons. The molecule has 0 amide bonds. The van der Waals surface area contributed by atoms with Crippen LogP contribution in [0, 0.1) is 0 Å². The number of ether oxygens (including phenoxy) is 6. The number of H-pyrrole nitrogens is 2. The number of nitrogens with one attached hydrogen (secondary N) is 2. The van der Waals surface area contributed by atoms with Crippen molar-refractivity contribution in [1.82, 2.24) is 9.97 Å². The summed E-state index contributed by atoms with van der Waals surface area (Å²) in [5.74, 6) is 2.19. The van der Waals surface area contributed by atoms with E-state index in [0.717, 1.165) is 11.1 Å². The van der Waals surface area contributed by atoms with Crippen LogP contribution in [0.25, 0.3) is 22.5 Å². The maximum atomic E-state index is 13.0. The monoisotopic (exact) mass is 534 g/mol. The molecule has 4 aromatic rings. The smallest absolute Gasteiger partial charge is 0.203 e. The van der Waals surface area contributed by atoms with Crippen molar-refractivity contribution in [3.8, 4) is 57.0 Å². The zero-order valence-corrected chi connectivity index (χ0v) is 22.6. The van der Waals surface area contributed by atoms with Gasteiger partial charge >= 0.3 is 0 Å². The first-order chi connectivity index (χ1) is 18.9. The van der Waals surface area contributed by atoms with E-state index < -0.39 is 0 Å². The first kappa shape index (κ1) is 27.2. The molecule has 0 saturated heterocycles. The second kappa shape index (κ2) is 11.7. The minimum Gasteiger partial charge on any atom is -0.493 e. The number of aromatic nitrogens is 2. The molecule has 0 bridgehead atoms. The largest absolute Gasteiger partial charge is 0.493 e. The molecule has 2 aromatic heterocycles. The highest BCUT2D eigenvalue weighted by atomic mass is 16.5. The van der Waals surface area contributed by atoms with Crippen LogP contribution in [0.4, 0.5) is 0 Å². The fourth-order valence-corrected chi connectivity index (χ4v) is 4.26. The zero-order chi connectivity index (χ0) is 28.1. The maximum Gasteiger partial charge on any atom is 0.203 e. The molecule has 2 aromatic carbocycles. The number of benzene rings is 2. The third kappa shape index (κ3) is 5.40. The molecule has 0 fully saturated rings. The van der Waals surface area contributed by atoms with Crippen LogP contribution in [-0.2, 0) is 0 Å². The van der Waals surface area contributed by atoms with Gasteiger partial charge in [-0.2, -0.15) is 0 Å². The van der Waals surface area contributed by atoms with Crippen LogP contribution in [0.3, 0.4) is 0 Å². The summed E-state index contributed by atoms with van der Waals surface area (Å²) < 4.78 is 32.4. The van der Waals surface area contributed by atoms with E-state index in [9.17, 15) is 9.59 Å². The van der Waals surface area contributed by atoms with Gasteiger partial charge in [0.25, 0.3) is 0 Å². The van der Waals surface area contributed by atoms with E-state index in [1.807, 2.05) is 0 Å². The maximum absolute atomic E-state index is 13.0. The van der Waals surface area contributed by atoms with Crippen molar-refractivity contribution in [2.24, 2.45) is 0 Å². The molecule has 10 heteroatoms. The van der Waals surface area contributed by atoms with E-state index in [-0.39, 0.29) is 18.0 Å². The summed E-state index contributed by atoms with van der Waals surface area (Å²) >= 11 is 0. The van der Waals surface area contributed by atoms with Crippen molar-refractivity contribution in [3.63, 3.8) is 0 Å². The molecule has 2 N–H and O–H groups in total. The molecule has 39 heavy (non-hydrogen) atoms. The molecule has 2 heterocycles. The Labute approximate surface area is 225 Å². The summed E-state index contributed by atoms with van der Waals surface area (Å²) in [4.78, 5) is 32.1. The topological polar surface area (TPSA) is 121 Å². The highest BCUT2D eigenvalue weighted by molar-refractivity contribution is 6.12. The van der Waals surface area contributed by atoms with Crippen molar-refractivity contribution >= 4 is 11.6 Å². The average Bonchev–Trinajstić information content (AvgIpc) is 3.66. The van der Waals surface area contributed by atoms with E-state index in [4.69, 9.17) is 28.4 Å². The zero-order valence-electron chi connectivity index (χ0n) is 22.6. The van der Waals surface area contributed by atoms with Gasteiger partial charge in [-0.1, -0.05) is 0 Å². The lowest BCUT2D eigenvalue weighted by molar-refractivity contribution is 0.0889. The molecule has 0 aliphatic heterocycles. The van der Waals surface area contributed by atoms with Crippen molar-refractivity contribution < 1.29 is 38.0 Å². The lowest BCUT2D eigenvalue weighted by atomic mass is 10.1. The Balaban J connectivity index is 1.52. The molecule has 0 spiro atoms. The van der Waals surface area contributed by atoms with Gasteiger partial charge in [0.1, 0.15) is 0 Å². The number of hydrogen-bond acceptors (Lipinski definition) is 8. The molecule has 4 rings (SSSR count). The van der Waals surface area contributed by atoms with Crippen LogP contribution >= 0.6 is 0 Å². The fraction of sp³-hybridized carbons (Fsp3) is 0.241. The fourth-order valence-electron chi connectivity index (χ4n) is 4.26. The minimum absolute atomic E-state index is 0.309. The van der Waals surface area contributed by atoms with Gasteiger partial charge in [0.05, 0.1) is 60.5 Å².